The summed E-state index contributed by atoms with van der Waals surface area (Å²) in [6.07, 6.45) is -9.98. The summed E-state index contributed by atoms with van der Waals surface area (Å²) in [7, 11) is 0. The lowest BCUT2D eigenvalue weighted by molar-refractivity contribution is -0.285. The third-order valence-electron chi connectivity index (χ3n) is 4.46. The maximum Gasteiger partial charge on any atom is 0.425 e. The van der Waals surface area contributed by atoms with E-state index in [4.69, 9.17) is 9.47 Å². The van der Waals surface area contributed by atoms with Gasteiger partial charge in [-0.15, -0.1) is 0 Å². The highest BCUT2D eigenvalue weighted by atomic mass is 19.4. The molecule has 0 radical (unpaired) electrons. The van der Waals surface area contributed by atoms with Crippen LogP contribution in [0.25, 0.3) is 0 Å². The van der Waals surface area contributed by atoms with E-state index >= 15 is 0 Å². The van der Waals surface area contributed by atoms with Gasteiger partial charge in [-0.1, -0.05) is 67.6 Å². The van der Waals surface area contributed by atoms with Gasteiger partial charge in [-0.25, -0.2) is 4.39 Å². The van der Waals surface area contributed by atoms with Crippen LogP contribution in [0.3, 0.4) is 0 Å². The molecule has 2 aromatic rings. The van der Waals surface area contributed by atoms with Crippen molar-refractivity contribution in [3.05, 3.63) is 71.8 Å². The number of hydrogen-bond acceptors (Lipinski definition) is 3. The molecule has 0 saturated carbocycles. The first-order chi connectivity index (χ1) is 13.3. The van der Waals surface area contributed by atoms with E-state index in [1.54, 1.807) is 54.6 Å². The molecule has 154 valence electrons. The minimum Gasteiger partial charge on any atom is -0.388 e. The van der Waals surface area contributed by atoms with Crippen LogP contribution < -0.4 is 0 Å². The molecule has 3 nitrogen and oxygen atoms in total. The van der Waals surface area contributed by atoms with E-state index in [2.05, 4.69) is 0 Å². The van der Waals surface area contributed by atoms with Crippen molar-refractivity contribution in [2.24, 2.45) is 0 Å². The van der Waals surface area contributed by atoms with Crippen molar-refractivity contribution >= 4 is 0 Å². The molecule has 3 atom stereocenters. The van der Waals surface area contributed by atoms with Gasteiger partial charge in [-0.3, -0.25) is 0 Å². The van der Waals surface area contributed by atoms with Crippen LogP contribution in [0.1, 0.15) is 24.5 Å². The summed E-state index contributed by atoms with van der Waals surface area (Å²) >= 11 is 0. The van der Waals surface area contributed by atoms with Crippen LogP contribution in [0.4, 0.5) is 17.6 Å². The van der Waals surface area contributed by atoms with Gasteiger partial charge in [-0.05, 0) is 17.5 Å². The number of halogens is 4. The maximum atomic E-state index is 14.9. The summed E-state index contributed by atoms with van der Waals surface area (Å²) in [5.74, 6) is 0. The summed E-state index contributed by atoms with van der Waals surface area (Å²) in [6, 6.07) is 17.4. The number of aliphatic hydroxyl groups excluding tert-OH is 1. The standard InChI is InChI=1S/C21H24F4O3/c1-2-20(22,21(23,24)25)19(28-14-17-11-7-4-8-12-17)18(26)15-27-13-16-9-5-3-6-10-16/h3-12,18-19,26H,2,13-15H2,1H3/t18-,19-,20+/m1/s1. The third-order valence-corrected chi connectivity index (χ3v) is 4.46. The molecular weight excluding hydrogens is 376 g/mol. The molecule has 0 spiro atoms. The maximum absolute atomic E-state index is 14.9. The van der Waals surface area contributed by atoms with E-state index in [-0.39, 0.29) is 13.2 Å². The fourth-order valence-electron chi connectivity index (χ4n) is 2.83. The molecule has 0 heterocycles. The highest BCUT2D eigenvalue weighted by Gasteiger charge is 2.62. The molecule has 0 amide bonds. The van der Waals surface area contributed by atoms with Gasteiger partial charge in [0.25, 0.3) is 0 Å². The van der Waals surface area contributed by atoms with E-state index in [0.717, 1.165) is 12.5 Å². The number of ether oxygens (including phenoxy) is 2. The lowest BCUT2D eigenvalue weighted by Gasteiger charge is -2.37. The quantitative estimate of drug-likeness (QED) is 0.581. The molecule has 28 heavy (non-hydrogen) atoms. The Balaban J connectivity index is 2.09. The third kappa shape index (κ3) is 5.77. The minimum atomic E-state index is -5.19. The van der Waals surface area contributed by atoms with E-state index in [0.29, 0.717) is 5.56 Å². The number of alkyl halides is 4. The molecule has 0 aliphatic heterocycles. The zero-order valence-corrected chi connectivity index (χ0v) is 15.5. The Bertz CT molecular complexity index is 694. The molecule has 0 aliphatic rings. The second kappa shape index (κ2) is 10.0. The summed E-state index contributed by atoms with van der Waals surface area (Å²) < 4.78 is 65.7. The largest absolute Gasteiger partial charge is 0.425 e. The molecule has 1 N–H and O–H groups in total. The molecule has 0 bridgehead atoms. The van der Waals surface area contributed by atoms with Crippen molar-refractivity contribution in [3.63, 3.8) is 0 Å². The summed E-state index contributed by atoms with van der Waals surface area (Å²) in [5, 5.41) is 10.3. The van der Waals surface area contributed by atoms with E-state index in [1.807, 2.05) is 6.07 Å². The van der Waals surface area contributed by atoms with Gasteiger partial charge in [0.1, 0.15) is 12.2 Å². The molecule has 2 rings (SSSR count). The molecule has 0 unspecified atom stereocenters. The smallest absolute Gasteiger partial charge is 0.388 e. The number of rotatable bonds is 10. The molecular formula is C21H24F4O3. The molecule has 0 aromatic heterocycles. The first-order valence-corrected chi connectivity index (χ1v) is 8.99. The Labute approximate surface area is 161 Å². The second-order valence-electron chi connectivity index (χ2n) is 6.50. The average Bonchev–Trinajstić information content (AvgIpc) is 2.68. The first-order valence-electron chi connectivity index (χ1n) is 8.99. The van der Waals surface area contributed by atoms with Gasteiger partial charge < -0.3 is 14.6 Å². The normalized spacial score (nSPS) is 16.4. The molecule has 0 fully saturated rings. The Morgan fingerprint density at radius 2 is 1.36 bits per heavy atom. The van der Waals surface area contributed by atoms with Gasteiger partial charge in [0.05, 0.1) is 19.8 Å². The average molecular weight is 400 g/mol. The van der Waals surface area contributed by atoms with Crippen molar-refractivity contribution in [3.8, 4) is 0 Å². The van der Waals surface area contributed by atoms with Crippen LogP contribution >= 0.6 is 0 Å². The fourth-order valence-corrected chi connectivity index (χ4v) is 2.83. The van der Waals surface area contributed by atoms with E-state index in [1.165, 1.54) is 0 Å². The second-order valence-corrected chi connectivity index (χ2v) is 6.50. The summed E-state index contributed by atoms with van der Waals surface area (Å²) in [4.78, 5) is 0. The lowest BCUT2D eigenvalue weighted by Crippen LogP contribution is -2.57. The summed E-state index contributed by atoms with van der Waals surface area (Å²) in [5.41, 5.74) is -2.34. The van der Waals surface area contributed by atoms with Crippen LogP contribution in [0.5, 0.6) is 0 Å². The SMILES string of the molecule is CC[C@](F)([C@H](OCc1ccccc1)[C@H](O)COCc1ccccc1)C(F)(F)F. The molecule has 0 aliphatic carbocycles. The van der Waals surface area contributed by atoms with Gasteiger partial charge >= 0.3 is 6.18 Å². The molecule has 7 heteroatoms. The Kier molecular flexibility index (Phi) is 7.98. The van der Waals surface area contributed by atoms with Crippen molar-refractivity contribution in [1.82, 2.24) is 0 Å². The summed E-state index contributed by atoms with van der Waals surface area (Å²) in [6.45, 7) is 0.406. The molecule has 0 saturated heterocycles. The van der Waals surface area contributed by atoms with Crippen LogP contribution in [0.15, 0.2) is 60.7 Å². The monoisotopic (exact) mass is 400 g/mol. The Morgan fingerprint density at radius 3 is 1.82 bits per heavy atom. The number of hydrogen-bond donors (Lipinski definition) is 1. The number of benzene rings is 2. The lowest BCUT2D eigenvalue weighted by atomic mass is 9.91. The predicted octanol–water partition coefficient (Wildman–Crippen LogP) is 4.83. The van der Waals surface area contributed by atoms with Crippen molar-refractivity contribution in [2.75, 3.05) is 6.61 Å². The fraction of sp³-hybridized carbons (Fsp3) is 0.429. The van der Waals surface area contributed by atoms with Gasteiger partial charge in [0, 0.05) is 0 Å². The van der Waals surface area contributed by atoms with Crippen molar-refractivity contribution in [2.45, 2.75) is 50.6 Å². The van der Waals surface area contributed by atoms with E-state index < -0.39 is 37.1 Å². The van der Waals surface area contributed by atoms with Gasteiger partial charge in [0.2, 0.25) is 5.67 Å². The molecule has 2 aromatic carbocycles. The minimum absolute atomic E-state index is 0.0841. The highest BCUT2D eigenvalue weighted by molar-refractivity contribution is 5.14. The Morgan fingerprint density at radius 1 is 0.857 bits per heavy atom. The van der Waals surface area contributed by atoms with Crippen LogP contribution in [0.2, 0.25) is 0 Å². The van der Waals surface area contributed by atoms with Gasteiger partial charge in [0.15, 0.2) is 0 Å². The Hall–Kier alpha value is -1.96. The van der Waals surface area contributed by atoms with Crippen LogP contribution in [-0.4, -0.2) is 35.8 Å². The van der Waals surface area contributed by atoms with E-state index in [9.17, 15) is 22.7 Å². The first kappa shape index (κ1) is 22.3. The highest BCUT2D eigenvalue weighted by Crippen LogP contribution is 2.42. The van der Waals surface area contributed by atoms with Crippen molar-refractivity contribution in [1.29, 1.82) is 0 Å². The zero-order valence-electron chi connectivity index (χ0n) is 15.5. The van der Waals surface area contributed by atoms with Crippen molar-refractivity contribution < 1.29 is 32.1 Å². The topological polar surface area (TPSA) is 38.7 Å². The predicted molar refractivity (Wildman–Crippen MR) is 97.3 cm³/mol. The van der Waals surface area contributed by atoms with Crippen LogP contribution in [0, 0.1) is 0 Å². The zero-order chi connectivity index (χ0) is 20.6. The van der Waals surface area contributed by atoms with Crippen LogP contribution in [-0.2, 0) is 22.7 Å². The van der Waals surface area contributed by atoms with Gasteiger partial charge in [-0.2, -0.15) is 13.2 Å². The number of aliphatic hydroxyl groups is 1.